The normalized spacial score (nSPS) is 13.3. The van der Waals surface area contributed by atoms with E-state index in [2.05, 4.69) is 16.9 Å². The summed E-state index contributed by atoms with van der Waals surface area (Å²) in [5.41, 5.74) is 5.27. The number of halogens is 2. The summed E-state index contributed by atoms with van der Waals surface area (Å²) in [5, 5.41) is -1.06. The Morgan fingerprint density at radius 3 is 2.61 bits per heavy atom. The Kier molecular flexibility index (Phi) is 4.71. The molecule has 0 saturated carbocycles. The summed E-state index contributed by atoms with van der Waals surface area (Å²) in [5.74, 6) is -1.55. The van der Waals surface area contributed by atoms with Crippen molar-refractivity contribution in [3.8, 4) is 0 Å². The van der Waals surface area contributed by atoms with Crippen molar-refractivity contribution in [2.45, 2.75) is 18.7 Å². The van der Waals surface area contributed by atoms with E-state index in [-0.39, 0.29) is 17.1 Å². The zero-order valence-corrected chi connectivity index (χ0v) is 11.1. The van der Waals surface area contributed by atoms with E-state index in [4.69, 9.17) is 5.73 Å². The van der Waals surface area contributed by atoms with Crippen LogP contribution < -0.4 is 10.5 Å². The Hall–Kier alpha value is -1.12. The number of hydrogen-bond donors (Lipinski definition) is 2. The molecule has 0 fully saturated rings. The molecule has 0 amide bonds. The minimum Gasteiger partial charge on any atom is -0.392 e. The van der Waals surface area contributed by atoms with Crippen LogP contribution in [0.3, 0.4) is 0 Å². The Morgan fingerprint density at radius 1 is 1.50 bits per heavy atom. The van der Waals surface area contributed by atoms with E-state index in [1.54, 1.807) is 0 Å². The van der Waals surface area contributed by atoms with Gasteiger partial charge in [-0.25, -0.2) is 21.9 Å². The third-order valence-electron chi connectivity index (χ3n) is 2.35. The predicted molar refractivity (Wildman–Crippen MR) is 68.4 cm³/mol. The average molecular weight is 294 g/mol. The monoisotopic (exact) mass is 294 g/mol. The van der Waals surface area contributed by atoms with Gasteiger partial charge in [0, 0.05) is 18.2 Å². The van der Waals surface area contributed by atoms with Gasteiger partial charge in [-0.1, -0.05) is 18.3 Å². The molecule has 3 N–H and O–H groups in total. The number of nitrogens with one attached hydrogen (secondary N) is 1. The summed E-state index contributed by atoms with van der Waals surface area (Å²) < 4.78 is 51.4. The Balaban J connectivity index is 2.79. The molecule has 8 heteroatoms. The van der Waals surface area contributed by atoms with Crippen LogP contribution in [-0.2, 0) is 16.6 Å². The van der Waals surface area contributed by atoms with Crippen molar-refractivity contribution < 1.29 is 17.2 Å². The number of nitrogens with two attached hydrogens (primary N) is 1. The number of hydrogen-bond acceptors (Lipinski definition) is 3. The fourth-order valence-corrected chi connectivity index (χ4v) is 2.41. The molecule has 0 bridgehead atoms. The van der Waals surface area contributed by atoms with Gasteiger partial charge in [-0.3, -0.25) is 0 Å². The minimum absolute atomic E-state index is 0.0371. The summed E-state index contributed by atoms with van der Waals surface area (Å²) in [6, 6.07) is 2.89. The van der Waals surface area contributed by atoms with Crippen LogP contribution in [0.1, 0.15) is 12.5 Å². The van der Waals surface area contributed by atoms with Crippen LogP contribution in [0.4, 0.5) is 8.78 Å². The Morgan fingerprint density at radius 2 is 2.11 bits per heavy atom. The fourth-order valence-electron chi connectivity index (χ4n) is 1.12. The lowest BCUT2D eigenvalue weighted by molar-refractivity contribution is 0.561. The second kappa shape index (κ2) is 5.68. The van der Waals surface area contributed by atoms with Gasteiger partial charge in [-0.2, -0.15) is 0 Å². The lowest BCUT2D eigenvalue weighted by atomic mass is 10.2. The number of sulfonamides is 1. The summed E-state index contributed by atoms with van der Waals surface area (Å²) >= 11 is 4.58. The first-order valence-corrected chi connectivity index (χ1v) is 6.91. The van der Waals surface area contributed by atoms with Gasteiger partial charge in [0.05, 0.1) is 4.99 Å². The molecule has 0 heterocycles. The molecule has 1 rings (SSSR count). The molecular formula is C10H12F2N2O2S2. The Labute approximate surface area is 109 Å². The molecular weight excluding hydrogens is 282 g/mol. The first-order valence-electron chi connectivity index (χ1n) is 4.96. The molecule has 1 atom stereocenters. The topological polar surface area (TPSA) is 72.2 Å². The first kappa shape index (κ1) is 14.9. The van der Waals surface area contributed by atoms with Gasteiger partial charge in [0.1, 0.15) is 16.9 Å². The van der Waals surface area contributed by atoms with Crippen molar-refractivity contribution in [2.75, 3.05) is 0 Å². The van der Waals surface area contributed by atoms with Gasteiger partial charge in [0.15, 0.2) is 0 Å². The summed E-state index contributed by atoms with van der Waals surface area (Å²) in [6.07, 6.45) is 0. The molecule has 0 radical (unpaired) electrons. The van der Waals surface area contributed by atoms with Gasteiger partial charge in [-0.05, 0) is 13.0 Å². The molecule has 18 heavy (non-hydrogen) atoms. The van der Waals surface area contributed by atoms with Crippen molar-refractivity contribution in [1.82, 2.24) is 4.72 Å². The van der Waals surface area contributed by atoms with E-state index >= 15 is 0 Å². The second-order valence-electron chi connectivity index (χ2n) is 3.65. The standard InChI is InChI=1S/C10H12F2N2O2S2/c1-6(10(13)17)18(15,16)14-5-7-2-3-8(11)4-9(7)12/h2-4,6,14H,5H2,1H3,(H2,13,17). The van der Waals surface area contributed by atoms with E-state index in [9.17, 15) is 17.2 Å². The highest BCUT2D eigenvalue weighted by Crippen LogP contribution is 2.10. The minimum atomic E-state index is -3.76. The van der Waals surface area contributed by atoms with Crippen LogP contribution in [0.15, 0.2) is 18.2 Å². The van der Waals surface area contributed by atoms with Crippen LogP contribution in [0.5, 0.6) is 0 Å². The maximum atomic E-state index is 13.3. The highest BCUT2D eigenvalue weighted by molar-refractivity contribution is 7.93. The maximum Gasteiger partial charge on any atom is 0.221 e. The van der Waals surface area contributed by atoms with Gasteiger partial charge >= 0.3 is 0 Å². The lowest BCUT2D eigenvalue weighted by Gasteiger charge is -2.12. The van der Waals surface area contributed by atoms with E-state index in [0.29, 0.717) is 6.07 Å². The van der Waals surface area contributed by atoms with Crippen molar-refractivity contribution in [2.24, 2.45) is 5.73 Å². The molecule has 0 aliphatic rings. The highest BCUT2D eigenvalue weighted by atomic mass is 32.2. The molecule has 1 unspecified atom stereocenters. The van der Waals surface area contributed by atoms with Crippen LogP contribution >= 0.6 is 12.2 Å². The molecule has 0 aliphatic heterocycles. The zero-order chi connectivity index (χ0) is 13.9. The third kappa shape index (κ3) is 3.69. The number of rotatable bonds is 5. The molecule has 0 spiro atoms. The van der Waals surface area contributed by atoms with Crippen LogP contribution in [0.25, 0.3) is 0 Å². The van der Waals surface area contributed by atoms with Crippen molar-refractivity contribution in [3.63, 3.8) is 0 Å². The molecule has 100 valence electrons. The van der Waals surface area contributed by atoms with E-state index in [1.165, 1.54) is 13.0 Å². The average Bonchev–Trinajstić information content (AvgIpc) is 2.26. The molecule has 0 saturated heterocycles. The van der Waals surface area contributed by atoms with Gasteiger partial charge < -0.3 is 5.73 Å². The SMILES string of the molecule is CC(C(N)=S)S(=O)(=O)NCc1ccc(F)cc1F. The van der Waals surface area contributed by atoms with Crippen LogP contribution in [0, 0.1) is 11.6 Å². The number of benzene rings is 1. The van der Waals surface area contributed by atoms with E-state index in [0.717, 1.165) is 6.07 Å². The lowest BCUT2D eigenvalue weighted by Crippen LogP contribution is -2.39. The summed E-state index contributed by atoms with van der Waals surface area (Å²) in [6.45, 7) is 1.03. The van der Waals surface area contributed by atoms with E-state index in [1.807, 2.05) is 0 Å². The van der Waals surface area contributed by atoms with Crippen molar-refractivity contribution in [3.05, 3.63) is 35.4 Å². The molecule has 0 aliphatic carbocycles. The van der Waals surface area contributed by atoms with Crippen molar-refractivity contribution >= 4 is 27.2 Å². The molecule has 4 nitrogen and oxygen atoms in total. The van der Waals surface area contributed by atoms with E-state index < -0.39 is 26.9 Å². The van der Waals surface area contributed by atoms with Crippen LogP contribution in [0.2, 0.25) is 0 Å². The molecule has 1 aromatic carbocycles. The maximum absolute atomic E-state index is 13.3. The largest absolute Gasteiger partial charge is 0.392 e. The van der Waals surface area contributed by atoms with Gasteiger partial charge in [0.25, 0.3) is 0 Å². The van der Waals surface area contributed by atoms with Gasteiger partial charge in [-0.15, -0.1) is 0 Å². The number of thiocarbonyl (C=S) groups is 1. The predicted octanol–water partition coefficient (Wildman–Crippen LogP) is 1.06. The van der Waals surface area contributed by atoms with Crippen molar-refractivity contribution in [1.29, 1.82) is 0 Å². The highest BCUT2D eigenvalue weighted by Gasteiger charge is 2.23. The second-order valence-corrected chi connectivity index (χ2v) is 6.20. The molecule has 1 aromatic rings. The fraction of sp³-hybridized carbons (Fsp3) is 0.300. The smallest absolute Gasteiger partial charge is 0.221 e. The third-order valence-corrected chi connectivity index (χ3v) is 4.58. The first-order chi connectivity index (χ1) is 8.24. The quantitative estimate of drug-likeness (QED) is 0.797. The zero-order valence-electron chi connectivity index (χ0n) is 9.48. The Bertz CT molecular complexity index is 561. The molecule has 0 aromatic heterocycles. The summed E-state index contributed by atoms with van der Waals surface area (Å²) in [7, 11) is -3.76. The van der Waals surface area contributed by atoms with Gasteiger partial charge in [0.2, 0.25) is 10.0 Å². The van der Waals surface area contributed by atoms with Crippen LogP contribution in [-0.4, -0.2) is 18.7 Å². The summed E-state index contributed by atoms with van der Waals surface area (Å²) in [4.78, 5) is -0.179.